The Morgan fingerprint density at radius 2 is 2.00 bits per heavy atom. The zero-order chi connectivity index (χ0) is 18.1. The number of methoxy groups -OCH3 is 1. The van der Waals surface area contributed by atoms with Crippen LogP contribution in [0.3, 0.4) is 0 Å². The molecule has 3 nitrogen and oxygen atoms in total. The van der Waals surface area contributed by atoms with Gasteiger partial charge in [-0.25, -0.2) is 0 Å². The molecule has 2 aliphatic carbocycles. The van der Waals surface area contributed by atoms with Gasteiger partial charge in [0.15, 0.2) is 0 Å². The molecule has 2 aromatic rings. The van der Waals surface area contributed by atoms with E-state index in [2.05, 4.69) is 42.5 Å². The highest BCUT2D eigenvalue weighted by atomic mass is 16.5. The van der Waals surface area contributed by atoms with E-state index in [0.717, 1.165) is 31.2 Å². The zero-order valence-corrected chi connectivity index (χ0v) is 15.3. The van der Waals surface area contributed by atoms with Crippen molar-refractivity contribution in [1.82, 2.24) is 0 Å². The number of nitrogens with one attached hydrogen (secondary N) is 1. The maximum atomic E-state index is 12.2. The predicted octanol–water partition coefficient (Wildman–Crippen LogP) is 4.45. The van der Waals surface area contributed by atoms with Crippen molar-refractivity contribution in [3.63, 3.8) is 0 Å². The first-order chi connectivity index (χ1) is 12.6. The third kappa shape index (κ3) is 2.86. The Hall–Kier alpha value is -2.42. The Morgan fingerprint density at radius 3 is 2.77 bits per heavy atom. The van der Waals surface area contributed by atoms with Crippen molar-refractivity contribution in [2.24, 2.45) is 5.92 Å². The van der Waals surface area contributed by atoms with Gasteiger partial charge in [-0.15, -0.1) is 0 Å². The van der Waals surface area contributed by atoms with Gasteiger partial charge in [-0.2, -0.15) is 0 Å². The topological polar surface area (TPSA) is 50.1 Å². The maximum absolute atomic E-state index is 12.2. The fraction of sp³-hybridized carbons (Fsp3) is 0.391. The number of ether oxygens (including phenoxy) is 1. The predicted molar refractivity (Wildman–Crippen MR) is 103 cm³/mol. The van der Waals surface area contributed by atoms with E-state index in [1.165, 1.54) is 16.7 Å². The monoisotopic (exact) mass is 347 g/mol. The summed E-state index contributed by atoms with van der Waals surface area (Å²) in [6.07, 6.45) is 5.34. The molecule has 4 rings (SSSR count). The molecule has 1 fully saturated rings. The summed E-state index contributed by atoms with van der Waals surface area (Å²) in [5.41, 5.74) is 4.93. The van der Waals surface area contributed by atoms with E-state index < -0.39 is 0 Å². The summed E-state index contributed by atoms with van der Waals surface area (Å²) >= 11 is 0. The first-order valence-electron chi connectivity index (χ1n) is 9.44. The summed E-state index contributed by atoms with van der Waals surface area (Å²) in [6.45, 7) is 0. The van der Waals surface area contributed by atoms with Crippen LogP contribution in [0.15, 0.2) is 48.5 Å². The number of carbonyl (C=O) groups excluding carboxylic acids is 1. The fourth-order valence-corrected chi connectivity index (χ4v) is 5.03. The lowest BCUT2D eigenvalue weighted by Crippen LogP contribution is -2.46. The quantitative estimate of drug-likeness (QED) is 0.658. The van der Waals surface area contributed by atoms with Crippen LogP contribution in [0.5, 0.6) is 0 Å². The van der Waals surface area contributed by atoms with E-state index in [1.807, 2.05) is 6.07 Å². The number of hydrogen-bond acceptors (Lipinski definition) is 3. The summed E-state index contributed by atoms with van der Waals surface area (Å²) in [5.74, 6) is 1.05. The molecule has 2 aliphatic rings. The largest absolute Gasteiger partial charge is 0.481 e. The number of carbonyl (C=O) groups is 1. The maximum Gasteiger partial charge on any atom is 0.212 e. The lowest BCUT2D eigenvalue weighted by atomic mass is 9.55. The van der Waals surface area contributed by atoms with Gasteiger partial charge < -0.3 is 4.74 Å². The van der Waals surface area contributed by atoms with Crippen molar-refractivity contribution in [2.45, 2.75) is 43.9 Å². The Bertz CT molecular complexity index is 843. The molecule has 0 heterocycles. The van der Waals surface area contributed by atoms with Crippen LogP contribution in [0.4, 0.5) is 0 Å². The molecule has 0 bridgehead atoms. The molecular weight excluding hydrogens is 322 g/mol. The van der Waals surface area contributed by atoms with Gasteiger partial charge in [0.2, 0.25) is 5.90 Å². The summed E-state index contributed by atoms with van der Waals surface area (Å²) in [6, 6.07) is 17.0. The van der Waals surface area contributed by atoms with Gasteiger partial charge in [0, 0.05) is 23.8 Å². The van der Waals surface area contributed by atoms with E-state index in [0.29, 0.717) is 24.5 Å². The molecule has 0 amide bonds. The van der Waals surface area contributed by atoms with Gasteiger partial charge in [0.25, 0.3) is 0 Å². The molecule has 26 heavy (non-hydrogen) atoms. The first-order valence-corrected chi connectivity index (χ1v) is 9.44. The lowest BCUT2D eigenvalue weighted by molar-refractivity contribution is -0.123. The number of rotatable bonds is 3. The summed E-state index contributed by atoms with van der Waals surface area (Å²) < 4.78 is 5.11. The van der Waals surface area contributed by atoms with Gasteiger partial charge in [-0.05, 0) is 60.4 Å². The highest BCUT2D eigenvalue weighted by Crippen LogP contribution is 2.51. The van der Waals surface area contributed by atoms with Crippen LogP contribution in [0.2, 0.25) is 0 Å². The average Bonchev–Trinajstić information content (AvgIpc) is 2.68. The van der Waals surface area contributed by atoms with Crippen molar-refractivity contribution in [1.29, 1.82) is 5.41 Å². The van der Waals surface area contributed by atoms with E-state index in [1.54, 1.807) is 7.11 Å². The summed E-state index contributed by atoms with van der Waals surface area (Å²) in [5, 5.41) is 7.97. The fourth-order valence-electron chi connectivity index (χ4n) is 5.03. The van der Waals surface area contributed by atoms with Crippen LogP contribution in [0.1, 0.15) is 47.9 Å². The third-order valence-corrected chi connectivity index (χ3v) is 6.34. The van der Waals surface area contributed by atoms with Crippen molar-refractivity contribution < 1.29 is 9.53 Å². The molecule has 0 radical (unpaired) electrons. The number of benzene rings is 2. The molecule has 134 valence electrons. The number of Topliss-reactive ketones (excluding diaryl/α,β-unsaturated/α-hetero) is 1. The smallest absolute Gasteiger partial charge is 0.212 e. The molecule has 1 N–H and O–H groups in total. The standard InChI is InChI=1S/C23H25NO2/c1-26-22(24)18-8-10-21-17(13-18)7-9-19-14-20(25)11-12-23(19,21)15-16-5-3-2-4-6-16/h2-6,8,10,13,19,24H,7,9,11-12,14-15H2,1H3. The zero-order valence-electron chi connectivity index (χ0n) is 15.3. The summed E-state index contributed by atoms with van der Waals surface area (Å²) in [7, 11) is 1.54. The molecule has 0 aliphatic heterocycles. The van der Waals surface area contributed by atoms with E-state index >= 15 is 0 Å². The minimum atomic E-state index is 0.0383. The lowest BCUT2D eigenvalue weighted by Gasteiger charge is -2.48. The van der Waals surface area contributed by atoms with Crippen molar-refractivity contribution in [3.8, 4) is 0 Å². The van der Waals surface area contributed by atoms with Crippen LogP contribution in [0.25, 0.3) is 0 Å². The Kier molecular flexibility index (Phi) is 4.39. The van der Waals surface area contributed by atoms with Crippen LogP contribution >= 0.6 is 0 Å². The Morgan fingerprint density at radius 1 is 1.19 bits per heavy atom. The van der Waals surface area contributed by atoms with Gasteiger partial charge in [0.1, 0.15) is 5.78 Å². The Balaban J connectivity index is 1.79. The molecular formula is C23H25NO2. The van der Waals surface area contributed by atoms with Gasteiger partial charge in [0.05, 0.1) is 7.11 Å². The molecule has 2 atom stereocenters. The summed E-state index contributed by atoms with van der Waals surface area (Å²) in [4.78, 5) is 12.2. The normalized spacial score (nSPS) is 24.5. The number of hydrogen-bond donors (Lipinski definition) is 1. The minimum Gasteiger partial charge on any atom is -0.481 e. The molecule has 2 aromatic carbocycles. The molecule has 0 spiro atoms. The highest BCUT2D eigenvalue weighted by Gasteiger charge is 2.47. The van der Waals surface area contributed by atoms with Crippen LogP contribution < -0.4 is 0 Å². The first kappa shape index (κ1) is 17.0. The SMILES string of the molecule is COC(=N)c1ccc2c(c1)CCC1CC(=O)CCC21Cc1ccccc1. The van der Waals surface area contributed by atoms with Crippen LogP contribution in [-0.4, -0.2) is 18.8 Å². The highest BCUT2D eigenvalue weighted by molar-refractivity contribution is 5.92. The molecule has 2 unspecified atom stereocenters. The second-order valence-corrected chi connectivity index (χ2v) is 7.70. The van der Waals surface area contributed by atoms with E-state index in [9.17, 15) is 4.79 Å². The minimum absolute atomic E-state index is 0.0383. The van der Waals surface area contributed by atoms with Gasteiger partial charge >= 0.3 is 0 Å². The van der Waals surface area contributed by atoms with Crippen LogP contribution in [-0.2, 0) is 27.8 Å². The molecule has 3 heteroatoms. The molecule has 0 aromatic heterocycles. The van der Waals surface area contributed by atoms with Crippen molar-refractivity contribution in [2.75, 3.05) is 7.11 Å². The van der Waals surface area contributed by atoms with Crippen LogP contribution in [0, 0.1) is 11.3 Å². The molecule has 0 saturated heterocycles. The number of ketones is 1. The number of fused-ring (bicyclic) bond motifs is 3. The van der Waals surface area contributed by atoms with E-state index in [-0.39, 0.29) is 11.3 Å². The van der Waals surface area contributed by atoms with Gasteiger partial charge in [-0.3, -0.25) is 10.2 Å². The second-order valence-electron chi connectivity index (χ2n) is 7.70. The Labute approximate surface area is 154 Å². The number of aryl methyl sites for hydroxylation is 1. The van der Waals surface area contributed by atoms with Gasteiger partial charge in [-0.1, -0.05) is 36.4 Å². The van der Waals surface area contributed by atoms with E-state index in [4.69, 9.17) is 10.1 Å². The third-order valence-electron chi connectivity index (χ3n) is 6.34. The average molecular weight is 347 g/mol. The second kappa shape index (κ2) is 6.71. The van der Waals surface area contributed by atoms with Crippen molar-refractivity contribution in [3.05, 3.63) is 70.8 Å². The molecule has 1 saturated carbocycles. The van der Waals surface area contributed by atoms with Crippen molar-refractivity contribution >= 4 is 11.7 Å².